The molecule has 11 heteroatoms. The second-order valence-corrected chi connectivity index (χ2v) is 8.86. The van der Waals surface area contributed by atoms with Gasteiger partial charge in [-0.05, 0) is 6.07 Å². The molecule has 2 amide bonds. The number of hydrogen-bond acceptors (Lipinski definition) is 9. The van der Waals surface area contributed by atoms with E-state index in [1.54, 1.807) is 7.11 Å². The van der Waals surface area contributed by atoms with Crippen LogP contribution in [0.5, 0.6) is 5.75 Å². The lowest BCUT2D eigenvalue weighted by atomic mass is 10.2. The van der Waals surface area contributed by atoms with Crippen molar-refractivity contribution in [3.8, 4) is 16.3 Å². The van der Waals surface area contributed by atoms with Crippen LogP contribution in [0.3, 0.4) is 0 Å². The summed E-state index contributed by atoms with van der Waals surface area (Å²) in [5.41, 5.74) is 1.83. The molecule has 2 N–H and O–H groups in total. The van der Waals surface area contributed by atoms with Crippen molar-refractivity contribution in [2.24, 2.45) is 0 Å². The number of amides is 2. The molecular weight excluding hydrogens is 460 g/mol. The Hall–Kier alpha value is -3.70. The van der Waals surface area contributed by atoms with E-state index < -0.39 is 5.91 Å². The van der Waals surface area contributed by atoms with Crippen LogP contribution in [-0.2, 0) is 17.8 Å². The number of hydrogen-bond donors (Lipinski definition) is 2. The van der Waals surface area contributed by atoms with E-state index in [-0.39, 0.29) is 17.3 Å². The quantitative estimate of drug-likeness (QED) is 0.376. The smallest absolute Gasteiger partial charge is 0.288 e. The van der Waals surface area contributed by atoms with Crippen LogP contribution in [0, 0.1) is 0 Å². The third kappa shape index (κ3) is 5.96. The number of para-hydroxylation sites is 1. The summed E-state index contributed by atoms with van der Waals surface area (Å²) in [6.07, 6.45) is 0.627. The second kappa shape index (κ2) is 10.7. The fraction of sp³-hybridized carbons (Fsp3) is 0.182. The molecular formula is C22H20N6O3S2. The molecule has 0 aliphatic rings. The van der Waals surface area contributed by atoms with Crippen LogP contribution in [0.1, 0.15) is 26.8 Å². The van der Waals surface area contributed by atoms with Crippen LogP contribution in [-0.4, -0.2) is 39.3 Å². The number of anilines is 1. The minimum atomic E-state index is -0.407. The molecule has 0 atom stereocenters. The molecule has 4 aromatic rings. The SMILES string of the molecule is COc1ccccc1CNC(=O)CCc1nnc(C(=O)Nc2nnc(-c3ccccc3)s2)s1. The zero-order chi connectivity index (χ0) is 23.0. The van der Waals surface area contributed by atoms with Gasteiger partial charge >= 0.3 is 0 Å². The standard InChI is InChI=1S/C22H20N6O3S2/c1-31-16-10-6-5-9-15(16)13-23-17(29)11-12-18-25-27-21(32-18)19(30)24-22-28-26-20(33-22)14-7-3-2-4-8-14/h2-10H,11-13H2,1H3,(H,23,29)(H,24,28,30). The molecule has 0 saturated heterocycles. The van der Waals surface area contributed by atoms with Crippen molar-refractivity contribution in [1.82, 2.24) is 25.7 Å². The molecule has 4 rings (SSSR count). The van der Waals surface area contributed by atoms with Crippen LogP contribution < -0.4 is 15.4 Å². The number of aryl methyl sites for hydroxylation is 1. The predicted molar refractivity (Wildman–Crippen MR) is 126 cm³/mol. The van der Waals surface area contributed by atoms with Gasteiger partial charge in [0.05, 0.1) is 7.11 Å². The van der Waals surface area contributed by atoms with E-state index in [2.05, 4.69) is 31.0 Å². The summed E-state index contributed by atoms with van der Waals surface area (Å²) in [5, 5.41) is 23.5. The summed E-state index contributed by atoms with van der Waals surface area (Å²) in [7, 11) is 1.59. The molecule has 2 aromatic carbocycles. The average Bonchev–Trinajstić information content (AvgIpc) is 3.52. The molecule has 9 nitrogen and oxygen atoms in total. The molecule has 33 heavy (non-hydrogen) atoms. The Morgan fingerprint density at radius 2 is 1.73 bits per heavy atom. The highest BCUT2D eigenvalue weighted by Gasteiger charge is 2.16. The van der Waals surface area contributed by atoms with Crippen molar-refractivity contribution in [3.63, 3.8) is 0 Å². The number of benzene rings is 2. The van der Waals surface area contributed by atoms with Gasteiger partial charge in [-0.1, -0.05) is 71.2 Å². The average molecular weight is 481 g/mol. The monoisotopic (exact) mass is 480 g/mol. The maximum Gasteiger partial charge on any atom is 0.288 e. The maximum absolute atomic E-state index is 12.5. The summed E-state index contributed by atoms with van der Waals surface area (Å²) >= 11 is 2.42. The lowest BCUT2D eigenvalue weighted by Crippen LogP contribution is -2.23. The molecule has 0 aliphatic carbocycles. The van der Waals surface area contributed by atoms with Crippen LogP contribution >= 0.6 is 22.7 Å². The van der Waals surface area contributed by atoms with Gasteiger partial charge in [-0.2, -0.15) is 0 Å². The first-order valence-electron chi connectivity index (χ1n) is 10.0. The first kappa shape index (κ1) is 22.5. The Morgan fingerprint density at radius 1 is 0.939 bits per heavy atom. The number of nitrogens with one attached hydrogen (secondary N) is 2. The number of rotatable bonds is 9. The van der Waals surface area contributed by atoms with Crippen LogP contribution in [0.15, 0.2) is 54.6 Å². The highest BCUT2D eigenvalue weighted by molar-refractivity contribution is 7.18. The van der Waals surface area contributed by atoms with E-state index in [1.165, 1.54) is 11.3 Å². The van der Waals surface area contributed by atoms with Crippen molar-refractivity contribution < 1.29 is 14.3 Å². The Morgan fingerprint density at radius 3 is 2.55 bits per heavy atom. The normalized spacial score (nSPS) is 10.6. The molecule has 0 aliphatic heterocycles. The molecule has 2 aromatic heterocycles. The van der Waals surface area contributed by atoms with Crippen LogP contribution in [0.2, 0.25) is 0 Å². The van der Waals surface area contributed by atoms with Gasteiger partial charge in [0.1, 0.15) is 15.8 Å². The van der Waals surface area contributed by atoms with Crippen LogP contribution in [0.25, 0.3) is 10.6 Å². The Kier molecular flexibility index (Phi) is 7.33. The van der Waals surface area contributed by atoms with E-state index in [0.717, 1.165) is 28.2 Å². The van der Waals surface area contributed by atoms with E-state index in [1.807, 2.05) is 54.6 Å². The minimum Gasteiger partial charge on any atom is -0.496 e. The van der Waals surface area contributed by atoms with Crippen molar-refractivity contribution in [3.05, 3.63) is 70.2 Å². The summed E-state index contributed by atoms with van der Waals surface area (Å²) in [6.45, 7) is 0.374. The lowest BCUT2D eigenvalue weighted by molar-refractivity contribution is -0.121. The third-order valence-corrected chi connectivity index (χ3v) is 6.43. The van der Waals surface area contributed by atoms with E-state index in [0.29, 0.717) is 28.1 Å². The predicted octanol–water partition coefficient (Wildman–Crippen LogP) is 3.57. The van der Waals surface area contributed by atoms with Crippen molar-refractivity contribution in [2.45, 2.75) is 19.4 Å². The first-order chi connectivity index (χ1) is 16.1. The highest BCUT2D eigenvalue weighted by Crippen LogP contribution is 2.26. The van der Waals surface area contributed by atoms with Crippen molar-refractivity contribution >= 4 is 39.6 Å². The summed E-state index contributed by atoms with van der Waals surface area (Å²) in [5.74, 6) is 0.198. The van der Waals surface area contributed by atoms with Gasteiger partial charge in [0.25, 0.3) is 5.91 Å². The van der Waals surface area contributed by atoms with E-state index in [4.69, 9.17) is 4.74 Å². The lowest BCUT2D eigenvalue weighted by Gasteiger charge is -2.09. The van der Waals surface area contributed by atoms with Gasteiger partial charge in [-0.15, -0.1) is 20.4 Å². The minimum absolute atomic E-state index is 0.121. The molecule has 0 unspecified atom stereocenters. The number of ether oxygens (including phenoxy) is 1. The third-order valence-electron chi connectivity index (χ3n) is 4.56. The summed E-state index contributed by atoms with van der Waals surface area (Å²) < 4.78 is 5.29. The van der Waals surface area contributed by atoms with Crippen molar-refractivity contribution in [1.29, 1.82) is 0 Å². The van der Waals surface area contributed by atoms with Crippen LogP contribution in [0.4, 0.5) is 5.13 Å². The Labute approximate surface area is 197 Å². The summed E-state index contributed by atoms with van der Waals surface area (Å²) in [6, 6.07) is 17.1. The fourth-order valence-corrected chi connectivity index (χ4v) is 4.40. The number of methoxy groups -OCH3 is 1. The zero-order valence-electron chi connectivity index (χ0n) is 17.6. The van der Waals surface area contributed by atoms with E-state index >= 15 is 0 Å². The Balaban J connectivity index is 1.27. The molecule has 0 radical (unpaired) electrons. The van der Waals surface area contributed by atoms with Gasteiger partial charge in [-0.25, -0.2) is 0 Å². The molecule has 0 fully saturated rings. The van der Waals surface area contributed by atoms with Gasteiger partial charge in [0.2, 0.25) is 16.0 Å². The molecule has 2 heterocycles. The zero-order valence-corrected chi connectivity index (χ0v) is 19.3. The molecule has 0 saturated carbocycles. The highest BCUT2D eigenvalue weighted by atomic mass is 32.1. The number of nitrogens with zero attached hydrogens (tertiary/aromatic N) is 4. The molecule has 168 valence electrons. The van der Waals surface area contributed by atoms with Gasteiger partial charge in [-0.3, -0.25) is 14.9 Å². The van der Waals surface area contributed by atoms with Crippen molar-refractivity contribution in [2.75, 3.05) is 12.4 Å². The summed E-state index contributed by atoms with van der Waals surface area (Å²) in [4.78, 5) is 24.7. The number of carbonyl (C=O) groups excluding carboxylic acids is 2. The molecule has 0 spiro atoms. The fourth-order valence-electron chi connectivity index (χ4n) is 2.92. The number of aromatic nitrogens is 4. The second-order valence-electron chi connectivity index (χ2n) is 6.82. The largest absolute Gasteiger partial charge is 0.496 e. The van der Waals surface area contributed by atoms with Gasteiger partial charge < -0.3 is 10.1 Å². The van der Waals surface area contributed by atoms with Gasteiger partial charge in [0, 0.05) is 30.5 Å². The Bertz CT molecular complexity index is 1240. The first-order valence-corrected chi connectivity index (χ1v) is 11.7. The number of carbonyl (C=O) groups is 2. The maximum atomic E-state index is 12.5. The van der Waals surface area contributed by atoms with Gasteiger partial charge in [0.15, 0.2) is 0 Å². The molecule has 0 bridgehead atoms. The topological polar surface area (TPSA) is 119 Å². The van der Waals surface area contributed by atoms with E-state index in [9.17, 15) is 9.59 Å².